The summed E-state index contributed by atoms with van der Waals surface area (Å²) in [7, 11) is -2.08. The molecule has 5 nitrogen and oxygen atoms in total. The van der Waals surface area contributed by atoms with Gasteiger partial charge in [-0.15, -0.1) is 10.2 Å². The van der Waals surface area contributed by atoms with E-state index in [0.29, 0.717) is 5.13 Å². The van der Waals surface area contributed by atoms with Crippen molar-refractivity contribution in [3.8, 4) is 0 Å². The van der Waals surface area contributed by atoms with Crippen LogP contribution in [-0.2, 0) is 10.0 Å². The van der Waals surface area contributed by atoms with Crippen molar-refractivity contribution in [2.45, 2.75) is 11.8 Å². The first-order valence-corrected chi connectivity index (χ1v) is 8.29. The highest BCUT2D eigenvalue weighted by molar-refractivity contribution is 14.1. The highest BCUT2D eigenvalue weighted by Crippen LogP contribution is 2.25. The Balaban J connectivity index is 2.39. The minimum atomic E-state index is -3.56. The largest absolute Gasteiger partial charge is 0.265 e. The first-order valence-electron chi connectivity index (χ1n) is 4.96. The lowest BCUT2D eigenvalue weighted by molar-refractivity contribution is 0.594. The van der Waals surface area contributed by atoms with E-state index in [1.54, 1.807) is 31.2 Å². The molecule has 0 saturated heterocycles. The van der Waals surface area contributed by atoms with Crippen molar-refractivity contribution in [1.29, 1.82) is 0 Å². The summed E-state index contributed by atoms with van der Waals surface area (Å²) in [5, 5.41) is 8.76. The third-order valence-corrected chi connectivity index (χ3v) is 5.77. The number of aryl methyl sites for hydroxylation is 1. The molecular weight excluding hydrogens is 385 g/mol. The molecule has 18 heavy (non-hydrogen) atoms. The standard InChI is InChI=1S/C10H10IN3O2S2/c1-7-12-13-10(17-7)14(2)18(15,16)9-5-3-8(11)4-6-9/h3-6H,1-2H3. The van der Waals surface area contributed by atoms with Crippen LogP contribution in [0.3, 0.4) is 0 Å². The molecule has 8 heteroatoms. The number of rotatable bonds is 3. The fraction of sp³-hybridized carbons (Fsp3) is 0.200. The smallest absolute Gasteiger partial charge is 0.243 e. The molecule has 0 spiro atoms. The lowest BCUT2D eigenvalue weighted by Gasteiger charge is -2.15. The van der Waals surface area contributed by atoms with Crippen LogP contribution < -0.4 is 4.31 Å². The Morgan fingerprint density at radius 1 is 1.22 bits per heavy atom. The number of hydrogen-bond donors (Lipinski definition) is 0. The van der Waals surface area contributed by atoms with Crippen LogP contribution in [0.2, 0.25) is 0 Å². The molecule has 1 aromatic carbocycles. The van der Waals surface area contributed by atoms with Gasteiger partial charge >= 0.3 is 0 Å². The number of nitrogens with zero attached hydrogens (tertiary/aromatic N) is 3. The Kier molecular flexibility index (Phi) is 3.87. The second-order valence-corrected chi connectivity index (χ2v) is 7.91. The molecule has 0 aliphatic heterocycles. The third kappa shape index (κ3) is 2.64. The van der Waals surface area contributed by atoms with E-state index in [0.717, 1.165) is 12.9 Å². The van der Waals surface area contributed by atoms with Crippen molar-refractivity contribution in [1.82, 2.24) is 10.2 Å². The van der Waals surface area contributed by atoms with E-state index in [-0.39, 0.29) is 4.90 Å². The second-order valence-electron chi connectivity index (χ2n) is 3.53. The lowest BCUT2D eigenvalue weighted by Crippen LogP contribution is -2.26. The van der Waals surface area contributed by atoms with Gasteiger partial charge in [0, 0.05) is 10.6 Å². The van der Waals surface area contributed by atoms with E-state index in [1.165, 1.54) is 18.4 Å². The summed E-state index contributed by atoms with van der Waals surface area (Å²) in [4.78, 5) is 0.248. The number of aromatic nitrogens is 2. The fourth-order valence-corrected chi connectivity index (χ4v) is 3.64. The van der Waals surface area contributed by atoms with E-state index < -0.39 is 10.0 Å². The van der Waals surface area contributed by atoms with Crippen molar-refractivity contribution >= 4 is 49.1 Å². The molecular formula is C10H10IN3O2S2. The average molecular weight is 395 g/mol. The summed E-state index contributed by atoms with van der Waals surface area (Å²) in [6.07, 6.45) is 0. The quantitative estimate of drug-likeness (QED) is 0.749. The van der Waals surface area contributed by atoms with Gasteiger partial charge in [0.05, 0.1) is 4.90 Å². The van der Waals surface area contributed by atoms with Crippen LogP contribution in [0.25, 0.3) is 0 Å². The molecule has 0 radical (unpaired) electrons. The zero-order valence-corrected chi connectivity index (χ0v) is 13.5. The maximum Gasteiger partial charge on any atom is 0.265 e. The number of anilines is 1. The monoisotopic (exact) mass is 395 g/mol. The fourth-order valence-electron chi connectivity index (χ4n) is 1.28. The van der Waals surface area contributed by atoms with E-state index >= 15 is 0 Å². The Hall–Kier alpha value is -0.740. The molecule has 0 amide bonds. The minimum Gasteiger partial charge on any atom is -0.243 e. The van der Waals surface area contributed by atoms with Gasteiger partial charge in [0.1, 0.15) is 5.01 Å². The molecule has 0 aliphatic rings. The average Bonchev–Trinajstić information content (AvgIpc) is 2.75. The maximum atomic E-state index is 12.3. The van der Waals surface area contributed by atoms with Crippen LogP contribution in [0.4, 0.5) is 5.13 Å². The molecule has 2 rings (SSSR count). The van der Waals surface area contributed by atoms with E-state index in [2.05, 4.69) is 32.8 Å². The first kappa shape index (κ1) is 13.7. The highest BCUT2D eigenvalue weighted by Gasteiger charge is 2.23. The van der Waals surface area contributed by atoms with Crippen molar-refractivity contribution < 1.29 is 8.42 Å². The van der Waals surface area contributed by atoms with Gasteiger partial charge in [-0.3, -0.25) is 0 Å². The molecule has 96 valence electrons. The number of hydrogen-bond acceptors (Lipinski definition) is 5. The maximum absolute atomic E-state index is 12.3. The van der Waals surface area contributed by atoms with Crippen LogP contribution in [0.15, 0.2) is 29.2 Å². The van der Waals surface area contributed by atoms with Crippen LogP contribution in [0.5, 0.6) is 0 Å². The summed E-state index contributed by atoms with van der Waals surface area (Å²) in [5.41, 5.74) is 0. The van der Waals surface area contributed by atoms with Gasteiger partial charge in [0.15, 0.2) is 0 Å². The van der Waals surface area contributed by atoms with E-state index in [4.69, 9.17) is 0 Å². The Morgan fingerprint density at radius 2 is 1.83 bits per heavy atom. The van der Waals surface area contributed by atoms with Gasteiger partial charge in [0.25, 0.3) is 10.0 Å². The van der Waals surface area contributed by atoms with Crippen LogP contribution in [-0.4, -0.2) is 25.7 Å². The number of benzene rings is 1. The lowest BCUT2D eigenvalue weighted by atomic mass is 10.4. The summed E-state index contributed by atoms with van der Waals surface area (Å²) in [6.45, 7) is 1.78. The minimum absolute atomic E-state index is 0.248. The predicted octanol–water partition coefficient (Wildman–Crippen LogP) is 2.28. The summed E-state index contributed by atoms with van der Waals surface area (Å²) >= 11 is 3.37. The molecule has 0 atom stereocenters. The SMILES string of the molecule is Cc1nnc(N(C)S(=O)(=O)c2ccc(I)cc2)s1. The van der Waals surface area contributed by atoms with Gasteiger partial charge in [0.2, 0.25) is 5.13 Å². The third-order valence-electron chi connectivity index (χ3n) is 2.26. The van der Waals surface area contributed by atoms with Gasteiger partial charge in [-0.05, 0) is 53.8 Å². The molecule has 1 aromatic heterocycles. The van der Waals surface area contributed by atoms with Crippen molar-refractivity contribution in [2.24, 2.45) is 0 Å². The van der Waals surface area contributed by atoms with Crippen molar-refractivity contribution in [3.63, 3.8) is 0 Å². The van der Waals surface area contributed by atoms with Crippen LogP contribution in [0, 0.1) is 10.5 Å². The summed E-state index contributed by atoms with van der Waals surface area (Å²) in [6, 6.07) is 6.68. The molecule has 0 N–H and O–H groups in total. The zero-order valence-electron chi connectivity index (χ0n) is 9.66. The van der Waals surface area contributed by atoms with Crippen LogP contribution in [0.1, 0.15) is 5.01 Å². The number of halogens is 1. The molecule has 2 aromatic rings. The Bertz CT molecular complexity index is 652. The van der Waals surface area contributed by atoms with Gasteiger partial charge in [-0.25, -0.2) is 12.7 Å². The molecule has 0 bridgehead atoms. The molecule has 1 heterocycles. The normalized spacial score (nSPS) is 11.5. The topological polar surface area (TPSA) is 63.2 Å². The predicted molar refractivity (Wildman–Crippen MR) is 79.4 cm³/mol. The molecule has 0 aliphatic carbocycles. The number of sulfonamides is 1. The van der Waals surface area contributed by atoms with Crippen molar-refractivity contribution in [3.05, 3.63) is 32.8 Å². The Morgan fingerprint density at radius 3 is 2.33 bits per heavy atom. The van der Waals surface area contributed by atoms with Crippen molar-refractivity contribution in [2.75, 3.05) is 11.4 Å². The molecule has 0 fully saturated rings. The molecule has 0 saturated carbocycles. The van der Waals surface area contributed by atoms with E-state index in [9.17, 15) is 8.42 Å². The van der Waals surface area contributed by atoms with E-state index in [1.807, 2.05) is 0 Å². The molecule has 0 unspecified atom stereocenters. The van der Waals surface area contributed by atoms with Gasteiger partial charge in [-0.2, -0.15) is 0 Å². The summed E-state index contributed by atoms with van der Waals surface area (Å²) in [5.74, 6) is 0. The second kappa shape index (κ2) is 5.10. The van der Waals surface area contributed by atoms with Gasteiger partial charge < -0.3 is 0 Å². The summed E-state index contributed by atoms with van der Waals surface area (Å²) < 4.78 is 26.8. The van der Waals surface area contributed by atoms with Crippen LogP contribution >= 0.6 is 33.9 Å². The van der Waals surface area contributed by atoms with Gasteiger partial charge in [-0.1, -0.05) is 11.3 Å². The highest BCUT2D eigenvalue weighted by atomic mass is 127. The first-order chi connectivity index (χ1) is 8.41. The zero-order chi connectivity index (χ0) is 13.3. The Labute approximate surface area is 123 Å².